The zero-order chi connectivity index (χ0) is 25.4. The lowest BCUT2D eigenvalue weighted by Gasteiger charge is -2.30. The molecule has 2 aromatic carbocycles. The van der Waals surface area contributed by atoms with E-state index in [-0.39, 0.29) is 22.3 Å². The Morgan fingerprint density at radius 2 is 1.97 bits per heavy atom. The van der Waals surface area contributed by atoms with E-state index in [1.807, 2.05) is 4.57 Å². The number of hydrogen-bond acceptors (Lipinski definition) is 5. The number of halogens is 3. The van der Waals surface area contributed by atoms with Crippen LogP contribution in [0.4, 0.5) is 13.2 Å². The first-order valence-electron chi connectivity index (χ1n) is 12.1. The molecule has 0 saturated carbocycles. The average Bonchev–Trinajstić information content (AvgIpc) is 3.48. The van der Waals surface area contributed by atoms with Gasteiger partial charge in [-0.25, -0.2) is 26.6 Å². The van der Waals surface area contributed by atoms with Crippen LogP contribution in [0.3, 0.4) is 0 Å². The topological polar surface area (TPSA) is 64.4 Å². The number of rotatable bonds is 7. The standard InChI is InChI=1S/C25H28F3N3O3S2/c1-16-4-2-8-30(13-16)36(32,33)20-6-7-23-22(12-20)29-25(31(23)14-19-5-3-9-34-19)35-15-17-10-18(26)11-21(27)24(17)28/h6-7,10-12,16,19H,2-5,8-9,13-15H2,1H3/t16-,19+/m0/s1. The van der Waals surface area contributed by atoms with Crippen molar-refractivity contribution in [1.82, 2.24) is 13.9 Å². The second kappa shape index (κ2) is 10.4. The van der Waals surface area contributed by atoms with Gasteiger partial charge >= 0.3 is 0 Å². The van der Waals surface area contributed by atoms with Crippen molar-refractivity contribution in [2.45, 2.75) is 61.1 Å². The zero-order valence-electron chi connectivity index (χ0n) is 19.9. The van der Waals surface area contributed by atoms with Gasteiger partial charge in [0.05, 0.1) is 28.6 Å². The summed E-state index contributed by atoms with van der Waals surface area (Å²) in [4.78, 5) is 4.84. The van der Waals surface area contributed by atoms with Crippen molar-refractivity contribution >= 4 is 32.8 Å². The summed E-state index contributed by atoms with van der Waals surface area (Å²) < 4.78 is 77.5. The van der Waals surface area contributed by atoms with E-state index in [4.69, 9.17) is 4.74 Å². The summed E-state index contributed by atoms with van der Waals surface area (Å²) in [7, 11) is -3.66. The molecule has 3 aromatic rings. The quantitative estimate of drug-likeness (QED) is 0.299. The highest BCUT2D eigenvalue weighted by Crippen LogP contribution is 2.32. The monoisotopic (exact) mass is 539 g/mol. The van der Waals surface area contributed by atoms with E-state index in [0.29, 0.717) is 48.9 Å². The van der Waals surface area contributed by atoms with Gasteiger partial charge in [0.2, 0.25) is 10.0 Å². The SMILES string of the molecule is C[C@H]1CCCN(S(=O)(=O)c2ccc3c(c2)nc(SCc2cc(F)cc(F)c2F)n3C[C@H]2CCCO2)C1. The predicted octanol–water partition coefficient (Wildman–Crippen LogP) is 5.35. The maximum Gasteiger partial charge on any atom is 0.243 e. The zero-order valence-corrected chi connectivity index (χ0v) is 21.6. The molecule has 3 heterocycles. The van der Waals surface area contributed by atoms with Gasteiger partial charge in [-0.2, -0.15) is 4.31 Å². The van der Waals surface area contributed by atoms with Crippen LogP contribution in [0.25, 0.3) is 11.0 Å². The largest absolute Gasteiger partial charge is 0.376 e. The lowest BCUT2D eigenvalue weighted by molar-refractivity contribution is 0.0960. The maximum atomic E-state index is 14.2. The van der Waals surface area contributed by atoms with E-state index < -0.39 is 27.5 Å². The fourth-order valence-electron chi connectivity index (χ4n) is 4.90. The van der Waals surface area contributed by atoms with Crippen molar-refractivity contribution in [3.8, 4) is 0 Å². The summed E-state index contributed by atoms with van der Waals surface area (Å²) in [5.74, 6) is -2.90. The highest BCUT2D eigenvalue weighted by molar-refractivity contribution is 7.98. The Kier molecular flexibility index (Phi) is 7.35. The second-order valence-electron chi connectivity index (χ2n) is 9.55. The first kappa shape index (κ1) is 25.6. The van der Waals surface area contributed by atoms with Crippen LogP contribution in [0, 0.1) is 23.4 Å². The number of hydrogen-bond donors (Lipinski definition) is 0. The Morgan fingerprint density at radius 3 is 2.72 bits per heavy atom. The van der Waals surface area contributed by atoms with Crippen LogP contribution in [-0.2, 0) is 27.1 Å². The molecule has 2 atom stereocenters. The van der Waals surface area contributed by atoms with Crippen LogP contribution in [0.15, 0.2) is 40.4 Å². The number of imidazole rings is 1. The highest BCUT2D eigenvalue weighted by Gasteiger charge is 2.29. The maximum absolute atomic E-state index is 14.2. The molecule has 0 amide bonds. The molecule has 36 heavy (non-hydrogen) atoms. The van der Waals surface area contributed by atoms with Gasteiger partial charge in [-0.1, -0.05) is 18.7 Å². The Hall–Kier alpha value is -2.08. The summed E-state index contributed by atoms with van der Waals surface area (Å²) >= 11 is 1.15. The number of fused-ring (bicyclic) bond motifs is 1. The van der Waals surface area contributed by atoms with Gasteiger partial charge in [-0.15, -0.1) is 0 Å². The molecule has 194 valence electrons. The summed E-state index contributed by atoms with van der Waals surface area (Å²) in [6.07, 6.45) is 3.65. The van der Waals surface area contributed by atoms with Crippen molar-refractivity contribution in [1.29, 1.82) is 0 Å². The molecule has 0 N–H and O–H groups in total. The number of ether oxygens (including phenoxy) is 1. The molecule has 2 aliphatic heterocycles. The average molecular weight is 540 g/mol. The fourth-order valence-corrected chi connectivity index (χ4v) is 7.50. The van der Waals surface area contributed by atoms with Gasteiger partial charge < -0.3 is 9.30 Å². The van der Waals surface area contributed by atoms with Crippen LogP contribution in [0.2, 0.25) is 0 Å². The van der Waals surface area contributed by atoms with E-state index in [2.05, 4.69) is 11.9 Å². The molecule has 0 unspecified atom stereocenters. The van der Waals surface area contributed by atoms with Crippen molar-refractivity contribution in [2.24, 2.45) is 5.92 Å². The van der Waals surface area contributed by atoms with Crippen LogP contribution in [0.1, 0.15) is 38.2 Å². The van der Waals surface area contributed by atoms with Gasteiger partial charge in [0.25, 0.3) is 0 Å². The minimum absolute atomic E-state index is 0.0247. The van der Waals surface area contributed by atoms with Crippen LogP contribution < -0.4 is 0 Å². The lowest BCUT2D eigenvalue weighted by Crippen LogP contribution is -2.39. The van der Waals surface area contributed by atoms with E-state index in [1.54, 1.807) is 18.2 Å². The minimum Gasteiger partial charge on any atom is -0.376 e. The number of aromatic nitrogens is 2. The molecule has 5 rings (SSSR count). The lowest BCUT2D eigenvalue weighted by atomic mass is 10.0. The third-order valence-corrected chi connectivity index (χ3v) is 9.66. The molecular weight excluding hydrogens is 511 g/mol. The summed E-state index contributed by atoms with van der Waals surface area (Å²) in [5.41, 5.74) is 1.12. The number of thioether (sulfide) groups is 1. The van der Waals surface area contributed by atoms with E-state index >= 15 is 0 Å². The molecular formula is C25H28F3N3O3S2. The van der Waals surface area contributed by atoms with E-state index in [0.717, 1.165) is 49.0 Å². The second-order valence-corrected chi connectivity index (χ2v) is 12.4. The minimum atomic E-state index is -3.66. The van der Waals surface area contributed by atoms with Crippen molar-refractivity contribution in [2.75, 3.05) is 19.7 Å². The van der Waals surface area contributed by atoms with Gasteiger partial charge in [0, 0.05) is 37.1 Å². The van der Waals surface area contributed by atoms with E-state index in [1.165, 1.54) is 4.31 Å². The van der Waals surface area contributed by atoms with Crippen molar-refractivity contribution in [3.05, 3.63) is 53.3 Å². The van der Waals surface area contributed by atoms with Crippen LogP contribution in [-0.4, -0.2) is 48.1 Å². The molecule has 6 nitrogen and oxygen atoms in total. The van der Waals surface area contributed by atoms with Gasteiger partial charge in [0.1, 0.15) is 5.82 Å². The first-order valence-corrected chi connectivity index (χ1v) is 14.5. The predicted molar refractivity (Wildman–Crippen MR) is 132 cm³/mol. The molecule has 0 spiro atoms. The fraction of sp³-hybridized carbons (Fsp3) is 0.480. The molecule has 1 aromatic heterocycles. The Balaban J connectivity index is 1.49. The van der Waals surface area contributed by atoms with E-state index in [9.17, 15) is 21.6 Å². The van der Waals surface area contributed by atoms with Gasteiger partial charge in [0.15, 0.2) is 16.8 Å². The number of sulfonamides is 1. The molecule has 2 saturated heterocycles. The van der Waals surface area contributed by atoms with Gasteiger partial charge in [-0.3, -0.25) is 0 Å². The first-order chi connectivity index (χ1) is 17.2. The summed E-state index contributed by atoms with van der Waals surface area (Å²) in [6, 6.07) is 6.40. The third-order valence-electron chi connectivity index (χ3n) is 6.78. The molecule has 11 heteroatoms. The highest BCUT2D eigenvalue weighted by atomic mass is 32.2. The third kappa shape index (κ3) is 5.16. The summed E-state index contributed by atoms with van der Waals surface area (Å²) in [5, 5.41) is 0.505. The van der Waals surface area contributed by atoms with Crippen LogP contribution in [0.5, 0.6) is 0 Å². The van der Waals surface area contributed by atoms with Crippen LogP contribution >= 0.6 is 11.8 Å². The Labute approximate surface area is 212 Å². The Morgan fingerprint density at radius 1 is 1.14 bits per heavy atom. The van der Waals surface area contributed by atoms with Crippen molar-refractivity contribution < 1.29 is 26.3 Å². The molecule has 0 aliphatic carbocycles. The summed E-state index contributed by atoms with van der Waals surface area (Å²) in [6.45, 7) is 4.20. The molecule has 2 aliphatic rings. The molecule has 2 fully saturated rings. The van der Waals surface area contributed by atoms with Crippen molar-refractivity contribution in [3.63, 3.8) is 0 Å². The Bertz CT molecular complexity index is 1370. The normalized spacial score (nSPS) is 21.4. The molecule has 0 radical (unpaired) electrons. The van der Waals surface area contributed by atoms with Gasteiger partial charge in [-0.05, 0) is 55.9 Å². The smallest absolute Gasteiger partial charge is 0.243 e. The number of piperidine rings is 1. The number of nitrogens with zero attached hydrogens (tertiary/aromatic N) is 3. The molecule has 0 bridgehead atoms. The number of benzene rings is 2.